The Labute approximate surface area is 166 Å². The average molecular weight is 403 g/mol. The maximum atomic E-state index is 12.6. The minimum absolute atomic E-state index is 0.244. The highest BCUT2D eigenvalue weighted by atomic mass is 35.5. The molecule has 2 aromatic carbocycles. The lowest BCUT2D eigenvalue weighted by molar-refractivity contribution is -0.128. The fraction of sp³-hybridized carbons (Fsp3) is 0.211. The maximum Gasteiger partial charge on any atom is 0.267 e. The molecule has 0 spiro atoms. The molecule has 0 saturated carbocycles. The highest BCUT2D eigenvalue weighted by Gasteiger charge is 2.30. The predicted octanol–water partition coefficient (Wildman–Crippen LogP) is 4.42. The van der Waals surface area contributed by atoms with Crippen LogP contribution < -0.4 is 10.1 Å². The normalized spacial score (nSPS) is 11.3. The molecule has 3 rings (SSSR count). The van der Waals surface area contributed by atoms with E-state index >= 15 is 0 Å². The van der Waals surface area contributed by atoms with Crippen molar-refractivity contribution in [1.82, 2.24) is 14.8 Å². The lowest BCUT2D eigenvalue weighted by Gasteiger charge is -2.25. The van der Waals surface area contributed by atoms with E-state index in [1.165, 1.54) is 11.8 Å². The van der Waals surface area contributed by atoms with Crippen molar-refractivity contribution in [2.24, 2.45) is 7.05 Å². The molecular formula is C19H19ClN4O2S. The lowest BCUT2D eigenvalue weighted by atomic mass is 10.1. The Hall–Kier alpha value is -2.51. The van der Waals surface area contributed by atoms with Crippen LogP contribution in [0.2, 0.25) is 5.02 Å². The van der Waals surface area contributed by atoms with Crippen molar-refractivity contribution in [2.45, 2.75) is 29.5 Å². The van der Waals surface area contributed by atoms with E-state index < -0.39 is 5.60 Å². The number of halogens is 1. The monoisotopic (exact) mass is 402 g/mol. The molecule has 0 aliphatic heterocycles. The van der Waals surface area contributed by atoms with Crippen molar-refractivity contribution in [2.75, 3.05) is 5.32 Å². The molecule has 1 amide bonds. The molecule has 0 unspecified atom stereocenters. The SMILES string of the molecule is Cn1cnnc1Sc1ccc(NC(=O)C(C)(C)Oc2ccc(Cl)cc2)cc1. The second-order valence-corrected chi connectivity index (χ2v) is 7.85. The summed E-state index contributed by atoms with van der Waals surface area (Å²) < 4.78 is 7.65. The molecule has 1 heterocycles. The van der Waals surface area contributed by atoms with Gasteiger partial charge in [-0.1, -0.05) is 11.6 Å². The van der Waals surface area contributed by atoms with E-state index in [9.17, 15) is 4.79 Å². The minimum atomic E-state index is -1.04. The van der Waals surface area contributed by atoms with Gasteiger partial charge in [0.2, 0.25) is 0 Å². The Bertz CT molecular complexity index is 924. The van der Waals surface area contributed by atoms with E-state index in [0.717, 1.165) is 10.1 Å². The zero-order chi connectivity index (χ0) is 19.4. The number of nitrogens with one attached hydrogen (secondary N) is 1. The number of carbonyl (C=O) groups excluding carboxylic acids is 1. The van der Waals surface area contributed by atoms with Crippen LogP contribution in [-0.2, 0) is 11.8 Å². The summed E-state index contributed by atoms with van der Waals surface area (Å²) in [5, 5.41) is 12.2. The van der Waals surface area contributed by atoms with Crippen molar-refractivity contribution in [3.8, 4) is 5.75 Å². The molecule has 0 atom stereocenters. The van der Waals surface area contributed by atoms with Crippen molar-refractivity contribution < 1.29 is 9.53 Å². The van der Waals surface area contributed by atoms with Crippen LogP contribution in [0.5, 0.6) is 5.75 Å². The topological polar surface area (TPSA) is 69.0 Å². The van der Waals surface area contributed by atoms with Crippen LogP contribution in [0.15, 0.2) is 64.9 Å². The van der Waals surface area contributed by atoms with Crippen LogP contribution in [0.4, 0.5) is 5.69 Å². The van der Waals surface area contributed by atoms with E-state index in [4.69, 9.17) is 16.3 Å². The zero-order valence-electron chi connectivity index (χ0n) is 15.1. The molecule has 0 aliphatic carbocycles. The van der Waals surface area contributed by atoms with E-state index in [1.54, 1.807) is 44.4 Å². The zero-order valence-corrected chi connectivity index (χ0v) is 16.7. The van der Waals surface area contributed by atoms with Crippen LogP contribution in [-0.4, -0.2) is 26.3 Å². The third kappa shape index (κ3) is 5.02. The van der Waals surface area contributed by atoms with Gasteiger partial charge in [-0.25, -0.2) is 0 Å². The second kappa shape index (κ2) is 8.02. The van der Waals surface area contributed by atoms with Gasteiger partial charge in [0, 0.05) is 22.7 Å². The van der Waals surface area contributed by atoms with Gasteiger partial charge in [0.1, 0.15) is 12.1 Å². The molecular weight excluding hydrogens is 384 g/mol. The highest BCUT2D eigenvalue weighted by Crippen LogP contribution is 2.27. The van der Waals surface area contributed by atoms with Gasteiger partial charge in [-0.3, -0.25) is 4.79 Å². The summed E-state index contributed by atoms with van der Waals surface area (Å²) in [6.45, 7) is 3.43. The summed E-state index contributed by atoms with van der Waals surface area (Å²) in [4.78, 5) is 13.6. The molecule has 27 heavy (non-hydrogen) atoms. The third-order valence-corrected chi connectivity index (χ3v) is 5.04. The van der Waals surface area contributed by atoms with Crippen molar-refractivity contribution >= 4 is 35.0 Å². The molecule has 3 aromatic rings. The Balaban J connectivity index is 1.62. The molecule has 140 valence electrons. The number of aromatic nitrogens is 3. The molecule has 0 bridgehead atoms. The molecule has 1 N–H and O–H groups in total. The number of anilines is 1. The number of carbonyl (C=O) groups is 1. The molecule has 0 saturated heterocycles. The average Bonchev–Trinajstić information content (AvgIpc) is 3.03. The van der Waals surface area contributed by atoms with E-state index in [0.29, 0.717) is 16.5 Å². The van der Waals surface area contributed by atoms with E-state index in [2.05, 4.69) is 15.5 Å². The number of benzene rings is 2. The minimum Gasteiger partial charge on any atom is -0.478 e. The van der Waals surface area contributed by atoms with Gasteiger partial charge in [0.15, 0.2) is 10.8 Å². The predicted molar refractivity (Wildman–Crippen MR) is 106 cm³/mol. The van der Waals surface area contributed by atoms with E-state index in [-0.39, 0.29) is 5.91 Å². The second-order valence-electron chi connectivity index (χ2n) is 6.37. The fourth-order valence-electron chi connectivity index (χ4n) is 2.20. The number of hydrogen-bond acceptors (Lipinski definition) is 5. The summed E-state index contributed by atoms with van der Waals surface area (Å²) in [6, 6.07) is 14.4. The lowest BCUT2D eigenvalue weighted by Crippen LogP contribution is -2.42. The first-order valence-corrected chi connectivity index (χ1v) is 9.41. The molecule has 8 heteroatoms. The molecule has 0 radical (unpaired) electrons. The number of ether oxygens (including phenoxy) is 1. The number of nitrogens with zero attached hydrogens (tertiary/aromatic N) is 3. The standard InChI is InChI=1S/C19H19ClN4O2S/c1-19(2,26-15-8-4-13(20)5-9-15)17(25)22-14-6-10-16(11-7-14)27-18-23-21-12-24(18)3/h4-12H,1-3H3,(H,22,25). The molecule has 1 aromatic heterocycles. The van der Waals surface area contributed by atoms with Gasteiger partial charge in [-0.2, -0.15) is 0 Å². The van der Waals surface area contributed by atoms with Gasteiger partial charge in [0.25, 0.3) is 5.91 Å². The Kier molecular flexibility index (Phi) is 5.72. The van der Waals surface area contributed by atoms with Crippen LogP contribution in [0, 0.1) is 0 Å². The van der Waals surface area contributed by atoms with E-state index in [1.807, 2.05) is 35.9 Å². The smallest absolute Gasteiger partial charge is 0.267 e. The van der Waals surface area contributed by atoms with Crippen LogP contribution in [0.1, 0.15) is 13.8 Å². The van der Waals surface area contributed by atoms with Crippen LogP contribution in [0.3, 0.4) is 0 Å². The molecule has 6 nitrogen and oxygen atoms in total. The van der Waals surface area contributed by atoms with Gasteiger partial charge in [0.05, 0.1) is 0 Å². The Morgan fingerprint density at radius 1 is 1.15 bits per heavy atom. The first-order chi connectivity index (χ1) is 12.8. The Morgan fingerprint density at radius 3 is 2.41 bits per heavy atom. The first kappa shape index (κ1) is 19.3. The molecule has 0 fully saturated rings. The highest BCUT2D eigenvalue weighted by molar-refractivity contribution is 7.99. The van der Waals surface area contributed by atoms with Crippen LogP contribution in [0.25, 0.3) is 0 Å². The number of amides is 1. The summed E-state index contributed by atoms with van der Waals surface area (Å²) in [5.41, 5.74) is -0.352. The van der Waals surface area contributed by atoms with Gasteiger partial charge in [-0.15, -0.1) is 10.2 Å². The summed E-state index contributed by atoms with van der Waals surface area (Å²) in [7, 11) is 1.89. The quantitative estimate of drug-likeness (QED) is 0.661. The van der Waals surface area contributed by atoms with Gasteiger partial charge >= 0.3 is 0 Å². The number of hydrogen-bond donors (Lipinski definition) is 1. The summed E-state index contributed by atoms with van der Waals surface area (Å²) >= 11 is 7.37. The number of aryl methyl sites for hydroxylation is 1. The largest absolute Gasteiger partial charge is 0.478 e. The molecule has 0 aliphatic rings. The fourth-order valence-corrected chi connectivity index (χ4v) is 3.09. The maximum absolute atomic E-state index is 12.6. The van der Waals surface area contributed by atoms with Gasteiger partial charge in [-0.05, 0) is 74.1 Å². The summed E-state index contributed by atoms with van der Waals surface area (Å²) in [5.74, 6) is 0.334. The van der Waals surface area contributed by atoms with Crippen molar-refractivity contribution in [3.05, 3.63) is 59.9 Å². The van der Waals surface area contributed by atoms with Crippen LogP contribution >= 0.6 is 23.4 Å². The Morgan fingerprint density at radius 2 is 1.81 bits per heavy atom. The first-order valence-electron chi connectivity index (χ1n) is 8.21. The van der Waals surface area contributed by atoms with Crippen molar-refractivity contribution in [3.63, 3.8) is 0 Å². The van der Waals surface area contributed by atoms with Crippen molar-refractivity contribution in [1.29, 1.82) is 0 Å². The van der Waals surface area contributed by atoms with Gasteiger partial charge < -0.3 is 14.6 Å². The summed E-state index contributed by atoms with van der Waals surface area (Å²) in [6.07, 6.45) is 1.65. The third-order valence-electron chi connectivity index (χ3n) is 3.72. The number of rotatable bonds is 6.